The van der Waals surface area contributed by atoms with Gasteiger partial charge in [0, 0.05) is 16.8 Å². The smallest absolute Gasteiger partial charge is 0.329 e. The van der Waals surface area contributed by atoms with Crippen molar-refractivity contribution in [1.29, 1.82) is 0 Å². The van der Waals surface area contributed by atoms with Crippen molar-refractivity contribution in [3.8, 4) is 5.75 Å². The van der Waals surface area contributed by atoms with Crippen LogP contribution in [0, 0.1) is 5.82 Å². The van der Waals surface area contributed by atoms with Crippen LogP contribution in [0.25, 0.3) is 6.08 Å². The lowest BCUT2D eigenvalue weighted by Crippen LogP contribution is -2.38. The number of rotatable bonds is 8. The third-order valence-electron chi connectivity index (χ3n) is 5.50. The van der Waals surface area contributed by atoms with Gasteiger partial charge in [-0.2, -0.15) is 0 Å². The number of amides is 4. The van der Waals surface area contributed by atoms with Crippen molar-refractivity contribution in [2.45, 2.75) is 20.0 Å². The van der Waals surface area contributed by atoms with Gasteiger partial charge >= 0.3 is 6.03 Å². The predicted octanol–water partition coefficient (Wildman–Crippen LogP) is 4.50. The molecule has 7 nitrogen and oxygen atoms in total. The zero-order valence-corrected chi connectivity index (χ0v) is 19.1. The number of aryl methyl sites for hydroxylation is 1. The molecule has 35 heavy (non-hydrogen) atoms. The fraction of sp³-hybridized carbons (Fsp3) is 0.148. The maximum Gasteiger partial charge on any atom is 0.329 e. The second-order valence-corrected chi connectivity index (χ2v) is 7.86. The Labute approximate surface area is 202 Å². The lowest BCUT2D eigenvalue weighted by molar-refractivity contribution is -0.127. The third-order valence-corrected chi connectivity index (χ3v) is 5.50. The molecule has 0 atom stereocenters. The summed E-state index contributed by atoms with van der Waals surface area (Å²) in [4.78, 5) is 38.7. The summed E-state index contributed by atoms with van der Waals surface area (Å²) >= 11 is 0. The number of carbonyl (C=O) groups excluding carboxylic acids is 3. The quantitative estimate of drug-likeness (QED) is 0.373. The van der Waals surface area contributed by atoms with Gasteiger partial charge in [-0.3, -0.25) is 9.59 Å². The average Bonchev–Trinajstić information content (AvgIpc) is 3.12. The molecule has 8 heteroatoms. The van der Waals surface area contributed by atoms with Crippen LogP contribution in [0.3, 0.4) is 0 Å². The lowest BCUT2D eigenvalue weighted by atomic mass is 10.1. The highest BCUT2D eigenvalue weighted by atomic mass is 19.1. The predicted molar refractivity (Wildman–Crippen MR) is 130 cm³/mol. The molecule has 1 saturated heterocycles. The molecule has 0 saturated carbocycles. The number of benzene rings is 3. The lowest BCUT2D eigenvalue weighted by Gasteiger charge is -2.13. The van der Waals surface area contributed by atoms with E-state index in [9.17, 15) is 18.8 Å². The van der Waals surface area contributed by atoms with Crippen molar-refractivity contribution >= 4 is 29.6 Å². The van der Waals surface area contributed by atoms with Crippen molar-refractivity contribution in [1.82, 2.24) is 10.2 Å². The van der Waals surface area contributed by atoms with E-state index in [-0.39, 0.29) is 18.1 Å². The maximum absolute atomic E-state index is 13.9. The Morgan fingerprint density at radius 1 is 1.00 bits per heavy atom. The first-order valence-electron chi connectivity index (χ1n) is 11.1. The molecule has 0 spiro atoms. The van der Waals surface area contributed by atoms with Crippen molar-refractivity contribution in [3.63, 3.8) is 0 Å². The molecule has 3 aromatic rings. The van der Waals surface area contributed by atoms with E-state index in [1.807, 2.05) is 19.1 Å². The Hall–Kier alpha value is -4.46. The standard InChI is InChI=1S/C27H24FN3O4/c1-2-18-9-4-7-13-22(18)29-25(32)16-31-26(33)23(30-27(31)34)15-19-10-5-8-14-24(19)35-17-20-11-3-6-12-21(20)28/h3-15H,2,16-17H2,1H3,(H,29,32)(H,30,34)/b23-15+. The number of urea groups is 1. The molecule has 0 aliphatic carbocycles. The van der Waals surface area contributed by atoms with Crippen LogP contribution in [-0.4, -0.2) is 29.3 Å². The van der Waals surface area contributed by atoms with E-state index in [0.717, 1.165) is 16.9 Å². The molecule has 4 amide bonds. The summed E-state index contributed by atoms with van der Waals surface area (Å²) in [7, 11) is 0. The Morgan fingerprint density at radius 3 is 2.46 bits per heavy atom. The summed E-state index contributed by atoms with van der Waals surface area (Å²) in [6, 6.07) is 19.8. The number of anilines is 1. The van der Waals surface area contributed by atoms with Crippen LogP contribution < -0.4 is 15.4 Å². The maximum atomic E-state index is 13.9. The summed E-state index contributed by atoms with van der Waals surface area (Å²) in [6.07, 6.45) is 2.20. The van der Waals surface area contributed by atoms with Gasteiger partial charge in [-0.15, -0.1) is 0 Å². The monoisotopic (exact) mass is 473 g/mol. The second-order valence-electron chi connectivity index (χ2n) is 7.86. The van der Waals surface area contributed by atoms with E-state index in [1.54, 1.807) is 54.6 Å². The van der Waals surface area contributed by atoms with Crippen LogP contribution in [0.5, 0.6) is 5.75 Å². The zero-order chi connectivity index (χ0) is 24.8. The van der Waals surface area contributed by atoms with Crippen LogP contribution in [-0.2, 0) is 22.6 Å². The first kappa shape index (κ1) is 23.7. The Balaban J connectivity index is 1.46. The van der Waals surface area contributed by atoms with Crippen LogP contribution >= 0.6 is 0 Å². The number of nitrogens with zero attached hydrogens (tertiary/aromatic N) is 1. The minimum Gasteiger partial charge on any atom is -0.488 e. The topological polar surface area (TPSA) is 87.7 Å². The fourth-order valence-electron chi connectivity index (χ4n) is 3.66. The first-order chi connectivity index (χ1) is 17.0. The summed E-state index contributed by atoms with van der Waals surface area (Å²) in [5.74, 6) is -1.07. The van der Waals surface area contributed by atoms with Gasteiger partial charge in [0.2, 0.25) is 5.91 Å². The third kappa shape index (κ3) is 5.55. The van der Waals surface area contributed by atoms with E-state index in [4.69, 9.17) is 4.74 Å². The molecular weight excluding hydrogens is 449 g/mol. The van der Waals surface area contributed by atoms with Gasteiger partial charge in [-0.05, 0) is 36.3 Å². The van der Waals surface area contributed by atoms with Gasteiger partial charge in [-0.25, -0.2) is 14.1 Å². The highest BCUT2D eigenvalue weighted by Crippen LogP contribution is 2.24. The molecule has 0 bridgehead atoms. The Kier molecular flexibility index (Phi) is 7.21. The van der Waals surface area contributed by atoms with Crippen molar-refractivity contribution < 1.29 is 23.5 Å². The number of hydrogen-bond acceptors (Lipinski definition) is 4. The number of carbonyl (C=O) groups is 3. The molecule has 0 unspecified atom stereocenters. The van der Waals surface area contributed by atoms with E-state index in [0.29, 0.717) is 22.6 Å². The van der Waals surface area contributed by atoms with Gasteiger partial charge in [-0.1, -0.05) is 61.5 Å². The SMILES string of the molecule is CCc1ccccc1NC(=O)CN1C(=O)N/C(=C/c2ccccc2OCc2ccccc2F)C1=O. The zero-order valence-electron chi connectivity index (χ0n) is 19.1. The highest BCUT2D eigenvalue weighted by Gasteiger charge is 2.35. The van der Waals surface area contributed by atoms with Crippen LogP contribution in [0.4, 0.5) is 14.9 Å². The van der Waals surface area contributed by atoms with Crippen LogP contribution in [0.1, 0.15) is 23.6 Å². The molecule has 4 rings (SSSR count). The van der Waals surface area contributed by atoms with Crippen LogP contribution in [0.15, 0.2) is 78.5 Å². The molecule has 1 aliphatic heterocycles. The average molecular weight is 474 g/mol. The van der Waals surface area contributed by atoms with Crippen LogP contribution in [0.2, 0.25) is 0 Å². The minimum atomic E-state index is -0.690. The van der Waals surface area contributed by atoms with Crippen molar-refractivity contribution in [2.75, 3.05) is 11.9 Å². The number of ether oxygens (including phenoxy) is 1. The van der Waals surface area contributed by atoms with E-state index < -0.39 is 24.4 Å². The van der Waals surface area contributed by atoms with E-state index in [1.165, 1.54) is 12.1 Å². The Bertz CT molecular complexity index is 1300. The first-order valence-corrected chi connectivity index (χ1v) is 11.1. The minimum absolute atomic E-state index is 0.00129. The molecule has 1 heterocycles. The van der Waals surface area contributed by atoms with Gasteiger partial charge < -0.3 is 15.4 Å². The van der Waals surface area contributed by atoms with Gasteiger partial charge in [0.05, 0.1) is 0 Å². The molecule has 1 fully saturated rings. The molecule has 3 aromatic carbocycles. The fourth-order valence-corrected chi connectivity index (χ4v) is 3.66. The Morgan fingerprint density at radius 2 is 1.69 bits per heavy atom. The van der Waals surface area contributed by atoms with E-state index in [2.05, 4.69) is 10.6 Å². The number of halogens is 1. The van der Waals surface area contributed by atoms with Crippen molar-refractivity contribution in [3.05, 3.63) is 101 Å². The largest absolute Gasteiger partial charge is 0.488 e. The molecule has 0 radical (unpaired) electrons. The molecular formula is C27H24FN3O4. The molecule has 2 N–H and O–H groups in total. The normalized spacial score (nSPS) is 14.2. The number of para-hydroxylation sites is 2. The number of nitrogens with one attached hydrogen (secondary N) is 2. The summed E-state index contributed by atoms with van der Waals surface area (Å²) < 4.78 is 19.7. The second kappa shape index (κ2) is 10.6. The highest BCUT2D eigenvalue weighted by molar-refractivity contribution is 6.16. The molecule has 178 valence electrons. The van der Waals surface area contributed by atoms with Gasteiger partial charge in [0.1, 0.15) is 30.4 Å². The van der Waals surface area contributed by atoms with Crippen molar-refractivity contribution in [2.24, 2.45) is 0 Å². The number of hydrogen-bond donors (Lipinski definition) is 2. The summed E-state index contributed by atoms with van der Waals surface area (Å²) in [5.41, 5.74) is 2.52. The molecule has 0 aromatic heterocycles. The molecule has 1 aliphatic rings. The summed E-state index contributed by atoms with van der Waals surface area (Å²) in [5, 5.41) is 5.26. The summed E-state index contributed by atoms with van der Waals surface area (Å²) in [6.45, 7) is 1.54. The van der Waals surface area contributed by atoms with Gasteiger partial charge in [0.25, 0.3) is 5.91 Å². The number of imide groups is 1. The van der Waals surface area contributed by atoms with E-state index >= 15 is 0 Å². The van der Waals surface area contributed by atoms with Gasteiger partial charge in [0.15, 0.2) is 0 Å².